The molecule has 0 spiro atoms. The molecule has 13 nitrogen and oxygen atoms in total. The van der Waals surface area contributed by atoms with E-state index in [0.29, 0.717) is 58.5 Å². The first-order valence-corrected chi connectivity index (χ1v) is 27.9. The summed E-state index contributed by atoms with van der Waals surface area (Å²) in [6, 6.07) is 50.7. The summed E-state index contributed by atoms with van der Waals surface area (Å²) >= 11 is 5.25. The first-order valence-electron chi connectivity index (χ1n) is 27.5. The van der Waals surface area contributed by atoms with Crippen molar-refractivity contribution in [2.24, 2.45) is 30.0 Å². The van der Waals surface area contributed by atoms with E-state index in [1.807, 2.05) is 122 Å². The van der Waals surface area contributed by atoms with Crippen LogP contribution in [0.5, 0.6) is 11.5 Å². The normalized spacial score (nSPS) is 12.4. The number of unbranched alkanes of at least 4 members (excludes halogenated alkanes) is 6. The van der Waals surface area contributed by atoms with E-state index in [1.165, 1.54) is 12.1 Å². The highest BCUT2D eigenvalue weighted by Gasteiger charge is 2.30. The lowest BCUT2D eigenvalue weighted by Gasteiger charge is -2.18. The number of carbonyl (C=O) groups excluding carboxylic acids is 2. The van der Waals surface area contributed by atoms with E-state index in [1.54, 1.807) is 73.4 Å². The molecule has 0 aliphatic heterocycles. The van der Waals surface area contributed by atoms with Crippen LogP contribution in [0.2, 0.25) is 0 Å². The highest BCUT2D eigenvalue weighted by atomic mass is 32.1. The standard InChI is InChI=1S/C68H61N7O6S/c1-3-5-7-9-34-80-65-37-52(66(81-35-10-8-6-4-2)36-51(65)45-73-54-24-22-53(23-25-54)69-41-47-14-18-49(19-15-47)43-71-56-12-11-13-60(82)38-56)46-74-58-29-33-62-64(40-58)68(77)61-32-28-57(39-63(61)67(62)76)72-44-50-20-16-48(17-21-50)42-70-55-26-30-59(31-27-55)75(78)79/h11-33,36-46,82H,3-10,34-35H2,1-2H3/p-1. The Hall–Kier alpha value is -9.66. The van der Waals surface area contributed by atoms with Crippen molar-refractivity contribution in [3.05, 3.63) is 236 Å². The average Bonchev–Trinajstić information content (AvgIpc) is 3.69. The zero-order valence-electron chi connectivity index (χ0n) is 45.7. The van der Waals surface area contributed by atoms with Crippen LogP contribution >= 0.6 is 0 Å². The van der Waals surface area contributed by atoms with Gasteiger partial charge < -0.3 is 22.1 Å². The van der Waals surface area contributed by atoms with E-state index in [2.05, 4.69) is 28.8 Å². The lowest BCUT2D eigenvalue weighted by molar-refractivity contribution is -0.384. The van der Waals surface area contributed by atoms with Crippen molar-refractivity contribution < 1.29 is 24.0 Å². The molecule has 0 atom stereocenters. The molecule has 0 radical (unpaired) electrons. The molecule has 0 saturated heterocycles. The number of nitrogens with zero attached hydrogens (tertiary/aromatic N) is 7. The Kier molecular flexibility index (Phi) is 19.8. The number of hydrogen-bond acceptors (Lipinski definition) is 13. The Balaban J connectivity index is 0.893. The molecule has 0 fully saturated rings. The van der Waals surface area contributed by atoms with Gasteiger partial charge in [0.25, 0.3) is 5.69 Å². The summed E-state index contributed by atoms with van der Waals surface area (Å²) in [7, 11) is 0. The van der Waals surface area contributed by atoms with Crippen LogP contribution in [0.3, 0.4) is 0 Å². The van der Waals surface area contributed by atoms with Gasteiger partial charge in [-0.2, -0.15) is 4.90 Å². The third-order valence-electron chi connectivity index (χ3n) is 13.4. The topological polar surface area (TPSA) is 170 Å². The summed E-state index contributed by atoms with van der Waals surface area (Å²) < 4.78 is 13.0. The van der Waals surface area contributed by atoms with Crippen LogP contribution in [-0.4, -0.2) is 67.0 Å². The monoisotopic (exact) mass is 1100 g/mol. The smallest absolute Gasteiger partial charge is 0.269 e. The molecule has 0 heterocycles. The van der Waals surface area contributed by atoms with Gasteiger partial charge in [0, 0.05) is 82.8 Å². The van der Waals surface area contributed by atoms with Gasteiger partial charge in [0.05, 0.1) is 52.3 Å². The lowest BCUT2D eigenvalue weighted by atomic mass is 9.83. The highest BCUT2D eigenvalue weighted by Crippen LogP contribution is 2.34. The first kappa shape index (κ1) is 57.0. The second-order valence-corrected chi connectivity index (χ2v) is 20.0. The molecular formula is C68H60N7O6S-. The molecule has 9 rings (SSSR count). The molecule has 8 aromatic carbocycles. The molecular weight excluding hydrogens is 1040 g/mol. The van der Waals surface area contributed by atoms with Crippen molar-refractivity contribution in [2.75, 3.05) is 13.2 Å². The van der Waals surface area contributed by atoms with Gasteiger partial charge in [-0.25, -0.2) is 0 Å². The van der Waals surface area contributed by atoms with E-state index in [9.17, 15) is 19.7 Å². The van der Waals surface area contributed by atoms with E-state index in [0.717, 1.165) is 101 Å². The third kappa shape index (κ3) is 15.8. The van der Waals surface area contributed by atoms with Crippen molar-refractivity contribution in [3.63, 3.8) is 0 Å². The Morgan fingerprint density at radius 1 is 0.415 bits per heavy atom. The zero-order chi connectivity index (χ0) is 57.0. The maximum Gasteiger partial charge on any atom is 0.269 e. The van der Waals surface area contributed by atoms with Gasteiger partial charge >= 0.3 is 0 Å². The summed E-state index contributed by atoms with van der Waals surface area (Å²) in [5.41, 5.74) is 10.1. The second kappa shape index (κ2) is 28.5. The van der Waals surface area contributed by atoms with Crippen molar-refractivity contribution >= 4 is 101 Å². The fourth-order valence-corrected chi connectivity index (χ4v) is 9.02. The molecule has 82 heavy (non-hydrogen) atoms. The number of non-ortho nitro benzene ring substituents is 1. The van der Waals surface area contributed by atoms with Crippen LogP contribution in [0.15, 0.2) is 205 Å². The Morgan fingerprint density at radius 3 is 1.18 bits per heavy atom. The number of benzene rings is 8. The molecule has 1 aliphatic carbocycles. The summed E-state index contributed by atoms with van der Waals surface area (Å²) in [5, 5.41) is 11.0. The van der Waals surface area contributed by atoms with Gasteiger partial charge in [-0.05, 0) is 126 Å². The average molecular weight is 1100 g/mol. The number of ether oxygens (including phenoxy) is 2. The highest BCUT2D eigenvalue weighted by molar-refractivity contribution is 7.58. The predicted octanol–water partition coefficient (Wildman–Crippen LogP) is 16.7. The Labute approximate surface area is 483 Å². The number of ketones is 2. The van der Waals surface area contributed by atoms with Gasteiger partial charge in [0.1, 0.15) is 11.5 Å². The van der Waals surface area contributed by atoms with Crippen LogP contribution in [0.25, 0.3) is 0 Å². The minimum atomic E-state index is -0.450. The lowest BCUT2D eigenvalue weighted by Crippen LogP contribution is -2.20. The fraction of sp³-hybridized carbons (Fsp3) is 0.176. The molecule has 0 saturated carbocycles. The number of nitro groups is 1. The molecule has 0 aromatic heterocycles. The van der Waals surface area contributed by atoms with Crippen molar-refractivity contribution in [3.8, 4) is 11.5 Å². The van der Waals surface area contributed by atoms with Gasteiger partial charge in [-0.3, -0.25) is 49.7 Å². The maximum atomic E-state index is 14.1. The van der Waals surface area contributed by atoms with Crippen molar-refractivity contribution in [1.82, 2.24) is 0 Å². The second-order valence-electron chi connectivity index (χ2n) is 19.5. The predicted molar refractivity (Wildman–Crippen MR) is 333 cm³/mol. The summed E-state index contributed by atoms with van der Waals surface area (Å²) in [4.78, 5) is 67.3. The van der Waals surface area contributed by atoms with Gasteiger partial charge in [0.15, 0.2) is 11.6 Å². The largest absolute Gasteiger partial charge is 0.780 e. The number of rotatable bonds is 25. The van der Waals surface area contributed by atoms with E-state index >= 15 is 0 Å². The van der Waals surface area contributed by atoms with Crippen molar-refractivity contribution in [1.29, 1.82) is 0 Å². The van der Waals surface area contributed by atoms with Gasteiger partial charge in [-0.1, -0.05) is 119 Å². The molecule has 410 valence electrons. The fourth-order valence-electron chi connectivity index (χ4n) is 8.82. The number of hydrogen-bond donors (Lipinski definition) is 0. The molecule has 0 unspecified atom stereocenters. The number of aliphatic imine (C=N–C) groups is 6. The molecule has 0 bridgehead atoms. The molecule has 14 heteroatoms. The Morgan fingerprint density at radius 2 is 0.780 bits per heavy atom. The van der Waals surface area contributed by atoms with Crippen LogP contribution in [0, 0.1) is 10.1 Å². The van der Waals surface area contributed by atoms with E-state index in [4.69, 9.17) is 37.1 Å². The third-order valence-corrected chi connectivity index (χ3v) is 13.6. The van der Waals surface area contributed by atoms with Crippen LogP contribution in [0.4, 0.5) is 39.8 Å². The van der Waals surface area contributed by atoms with E-state index in [-0.39, 0.29) is 28.4 Å². The van der Waals surface area contributed by atoms with Gasteiger partial charge in [-0.15, -0.1) is 0 Å². The SMILES string of the molecule is CCCCCCOc1cc(C=Nc2ccc3c(c2)C(=O)c2ccc(N=Cc4ccc(C=Nc5ccc([N+](=O)[O-])cc5)cc4)cc2C3=O)c(OCCCCCC)cc1C=Nc1ccc(N=Cc2ccc(C=Nc3cccc([S-])c3)cc2)cc1. The summed E-state index contributed by atoms with van der Waals surface area (Å²) in [5.74, 6) is 0.708. The molecule has 0 N–H and O–H groups in total. The number of fused-ring (bicyclic) bond motifs is 2. The molecule has 8 aromatic rings. The summed E-state index contributed by atoms with van der Waals surface area (Å²) in [6.45, 7) is 5.40. The van der Waals surface area contributed by atoms with E-state index < -0.39 is 4.92 Å². The molecule has 0 amide bonds. The van der Waals surface area contributed by atoms with Crippen LogP contribution in [-0.2, 0) is 12.6 Å². The van der Waals surface area contributed by atoms with Crippen LogP contribution in [0.1, 0.15) is 130 Å². The number of nitro benzene ring substituents is 1. The first-order chi connectivity index (χ1) is 40.1. The maximum absolute atomic E-state index is 14.1. The number of carbonyl (C=O) groups is 2. The minimum Gasteiger partial charge on any atom is -0.780 e. The quantitative estimate of drug-likeness (QED) is 0.0180. The Bertz CT molecular complexity index is 3740. The van der Waals surface area contributed by atoms with Crippen molar-refractivity contribution in [2.45, 2.75) is 70.1 Å². The zero-order valence-corrected chi connectivity index (χ0v) is 46.5. The van der Waals surface area contributed by atoms with Gasteiger partial charge in [0.2, 0.25) is 0 Å². The molecule has 1 aliphatic rings. The minimum absolute atomic E-state index is 0.00348. The summed E-state index contributed by atoms with van der Waals surface area (Å²) in [6.07, 6.45) is 18.9. The van der Waals surface area contributed by atoms with Crippen LogP contribution < -0.4 is 9.47 Å².